The van der Waals surface area contributed by atoms with E-state index in [9.17, 15) is 0 Å². The van der Waals surface area contributed by atoms with E-state index >= 15 is 0 Å². The summed E-state index contributed by atoms with van der Waals surface area (Å²) >= 11 is 0. The van der Waals surface area contributed by atoms with E-state index in [-0.39, 0.29) is 0 Å². The molecule has 1 aliphatic rings. The molecular formula is C14H21NO. The average Bonchev–Trinajstić information content (AvgIpc) is 2.72. The van der Waals surface area contributed by atoms with Crippen LogP contribution in [0.1, 0.15) is 38.2 Å². The number of para-hydroxylation sites is 1. The van der Waals surface area contributed by atoms with Gasteiger partial charge >= 0.3 is 0 Å². The molecule has 1 heterocycles. The minimum absolute atomic E-state index is 0.313. The van der Waals surface area contributed by atoms with Gasteiger partial charge in [0.2, 0.25) is 0 Å². The highest BCUT2D eigenvalue weighted by Gasteiger charge is 2.26. The van der Waals surface area contributed by atoms with Crippen LogP contribution in [-0.2, 0) is 0 Å². The van der Waals surface area contributed by atoms with Gasteiger partial charge in [-0.2, -0.15) is 0 Å². The van der Waals surface area contributed by atoms with Gasteiger partial charge in [-0.3, -0.25) is 0 Å². The highest BCUT2D eigenvalue weighted by molar-refractivity contribution is 5.39. The van der Waals surface area contributed by atoms with Crippen LogP contribution >= 0.6 is 0 Å². The molecule has 2 rings (SSSR count). The molecule has 1 aliphatic heterocycles. The molecule has 2 heteroatoms. The van der Waals surface area contributed by atoms with Gasteiger partial charge in [0.15, 0.2) is 0 Å². The summed E-state index contributed by atoms with van der Waals surface area (Å²) in [5.74, 6) is 2.15. The van der Waals surface area contributed by atoms with Crippen molar-refractivity contribution in [2.45, 2.75) is 38.6 Å². The molecular weight excluding hydrogens is 198 g/mol. The molecule has 16 heavy (non-hydrogen) atoms. The number of fused-ring (bicyclic) bond motifs is 1. The van der Waals surface area contributed by atoms with E-state index in [1.165, 1.54) is 5.56 Å². The van der Waals surface area contributed by atoms with Crippen molar-refractivity contribution in [3.8, 4) is 5.75 Å². The molecule has 0 saturated carbocycles. The molecule has 0 saturated heterocycles. The van der Waals surface area contributed by atoms with Gasteiger partial charge in [-0.1, -0.05) is 32.0 Å². The Kier molecular flexibility index (Phi) is 3.49. The largest absolute Gasteiger partial charge is 0.493 e. The van der Waals surface area contributed by atoms with Crippen molar-refractivity contribution >= 4 is 0 Å². The lowest BCUT2D eigenvalue weighted by Gasteiger charge is -2.21. The third-order valence-corrected chi connectivity index (χ3v) is 3.66. The van der Waals surface area contributed by atoms with Crippen molar-refractivity contribution in [3.05, 3.63) is 29.8 Å². The molecule has 0 aliphatic carbocycles. The molecule has 0 aromatic heterocycles. The fourth-order valence-electron chi connectivity index (χ4n) is 2.45. The van der Waals surface area contributed by atoms with E-state index in [1.54, 1.807) is 0 Å². The van der Waals surface area contributed by atoms with Crippen LogP contribution in [0.15, 0.2) is 24.3 Å². The van der Waals surface area contributed by atoms with Crippen LogP contribution in [-0.4, -0.2) is 12.6 Å². The third-order valence-electron chi connectivity index (χ3n) is 3.66. The van der Waals surface area contributed by atoms with E-state index < -0.39 is 0 Å². The van der Waals surface area contributed by atoms with Gasteiger partial charge < -0.3 is 10.5 Å². The van der Waals surface area contributed by atoms with Crippen LogP contribution in [0.5, 0.6) is 5.75 Å². The lowest BCUT2D eigenvalue weighted by molar-refractivity contribution is 0.297. The smallest absolute Gasteiger partial charge is 0.122 e. The van der Waals surface area contributed by atoms with Crippen LogP contribution in [0.2, 0.25) is 0 Å². The molecule has 1 aromatic rings. The van der Waals surface area contributed by atoms with Crippen LogP contribution in [0.4, 0.5) is 0 Å². The molecule has 0 amide bonds. The second-order valence-corrected chi connectivity index (χ2v) is 4.83. The molecule has 0 radical (unpaired) electrons. The monoisotopic (exact) mass is 219 g/mol. The van der Waals surface area contributed by atoms with Crippen molar-refractivity contribution in [1.82, 2.24) is 0 Å². The predicted molar refractivity (Wildman–Crippen MR) is 66.7 cm³/mol. The second-order valence-electron chi connectivity index (χ2n) is 4.83. The Bertz CT molecular complexity index is 350. The van der Waals surface area contributed by atoms with Crippen molar-refractivity contribution in [3.63, 3.8) is 0 Å². The first-order valence-corrected chi connectivity index (χ1v) is 6.19. The summed E-state index contributed by atoms with van der Waals surface area (Å²) in [5.41, 5.74) is 7.43. The van der Waals surface area contributed by atoms with Gasteiger partial charge in [-0.25, -0.2) is 0 Å². The van der Waals surface area contributed by atoms with E-state index in [2.05, 4.69) is 32.0 Å². The minimum atomic E-state index is 0.313. The van der Waals surface area contributed by atoms with E-state index in [0.717, 1.165) is 25.2 Å². The standard InChI is InChI=1S/C14H21NO/c1-3-13(15)10(2)8-11-9-16-14-7-5-4-6-12(11)14/h4-7,10-11,13H,3,8-9,15H2,1-2H3. The zero-order valence-corrected chi connectivity index (χ0v) is 10.1. The Morgan fingerprint density at radius 2 is 2.19 bits per heavy atom. The van der Waals surface area contributed by atoms with Gasteiger partial charge in [0.05, 0.1) is 6.61 Å². The van der Waals surface area contributed by atoms with Gasteiger partial charge in [0.1, 0.15) is 5.75 Å². The predicted octanol–water partition coefficient (Wildman–Crippen LogP) is 2.93. The zero-order valence-electron chi connectivity index (χ0n) is 10.1. The summed E-state index contributed by atoms with van der Waals surface area (Å²) in [7, 11) is 0. The fraction of sp³-hybridized carbons (Fsp3) is 0.571. The Balaban J connectivity index is 2.03. The van der Waals surface area contributed by atoms with Crippen LogP contribution in [0.25, 0.3) is 0 Å². The van der Waals surface area contributed by atoms with Crippen LogP contribution in [0, 0.1) is 5.92 Å². The van der Waals surface area contributed by atoms with Crippen molar-refractivity contribution in [1.29, 1.82) is 0 Å². The Labute approximate surface area is 97.8 Å². The zero-order chi connectivity index (χ0) is 11.5. The first-order chi connectivity index (χ1) is 7.72. The Hall–Kier alpha value is -1.02. The molecule has 88 valence electrons. The molecule has 1 aromatic carbocycles. The maximum absolute atomic E-state index is 6.07. The quantitative estimate of drug-likeness (QED) is 0.845. The minimum Gasteiger partial charge on any atom is -0.493 e. The Morgan fingerprint density at radius 3 is 2.94 bits per heavy atom. The topological polar surface area (TPSA) is 35.2 Å². The number of benzene rings is 1. The van der Waals surface area contributed by atoms with Gasteiger partial charge in [-0.05, 0) is 24.8 Å². The summed E-state index contributed by atoms with van der Waals surface area (Å²) in [6, 6.07) is 8.66. The lowest BCUT2D eigenvalue weighted by Crippen LogP contribution is -2.28. The molecule has 0 fully saturated rings. The van der Waals surface area contributed by atoms with Gasteiger partial charge in [-0.15, -0.1) is 0 Å². The Morgan fingerprint density at radius 1 is 1.44 bits per heavy atom. The van der Waals surface area contributed by atoms with Gasteiger partial charge in [0, 0.05) is 17.5 Å². The highest BCUT2D eigenvalue weighted by atomic mass is 16.5. The summed E-state index contributed by atoms with van der Waals surface area (Å²) in [6.07, 6.45) is 2.18. The normalized spacial score (nSPS) is 22.3. The fourth-order valence-corrected chi connectivity index (χ4v) is 2.45. The molecule has 3 atom stereocenters. The van der Waals surface area contributed by atoms with E-state index in [0.29, 0.717) is 17.9 Å². The molecule has 2 nitrogen and oxygen atoms in total. The van der Waals surface area contributed by atoms with Crippen molar-refractivity contribution < 1.29 is 4.74 Å². The van der Waals surface area contributed by atoms with Gasteiger partial charge in [0.25, 0.3) is 0 Å². The lowest BCUT2D eigenvalue weighted by atomic mass is 9.87. The molecule has 0 spiro atoms. The summed E-state index contributed by atoms with van der Waals surface area (Å²) < 4.78 is 5.68. The summed E-state index contributed by atoms with van der Waals surface area (Å²) in [5, 5.41) is 0. The summed E-state index contributed by atoms with van der Waals surface area (Å²) in [4.78, 5) is 0. The summed E-state index contributed by atoms with van der Waals surface area (Å²) in [6.45, 7) is 5.22. The third kappa shape index (κ3) is 2.22. The van der Waals surface area contributed by atoms with E-state index in [1.807, 2.05) is 6.07 Å². The molecule has 2 N–H and O–H groups in total. The van der Waals surface area contributed by atoms with Crippen molar-refractivity contribution in [2.75, 3.05) is 6.61 Å². The van der Waals surface area contributed by atoms with Crippen molar-refractivity contribution in [2.24, 2.45) is 11.7 Å². The van der Waals surface area contributed by atoms with Crippen LogP contribution in [0.3, 0.4) is 0 Å². The molecule has 0 bridgehead atoms. The van der Waals surface area contributed by atoms with E-state index in [4.69, 9.17) is 10.5 Å². The molecule has 3 unspecified atom stereocenters. The maximum atomic E-state index is 6.07. The highest BCUT2D eigenvalue weighted by Crippen LogP contribution is 2.37. The number of rotatable bonds is 4. The SMILES string of the molecule is CCC(N)C(C)CC1COc2ccccc21. The average molecular weight is 219 g/mol. The number of nitrogens with two attached hydrogens (primary N) is 1. The second kappa shape index (κ2) is 4.88. The number of ether oxygens (including phenoxy) is 1. The first kappa shape index (κ1) is 11.5. The van der Waals surface area contributed by atoms with Crippen LogP contribution < -0.4 is 10.5 Å². The maximum Gasteiger partial charge on any atom is 0.122 e. The first-order valence-electron chi connectivity index (χ1n) is 6.19. The number of hydrogen-bond donors (Lipinski definition) is 1. The number of hydrogen-bond acceptors (Lipinski definition) is 2.